The third kappa shape index (κ3) is 5.32. The van der Waals surface area contributed by atoms with Crippen LogP contribution in [0.5, 0.6) is 0 Å². The fraction of sp³-hybridized carbons (Fsp3) is 0.350. The van der Waals surface area contributed by atoms with Gasteiger partial charge in [-0.1, -0.05) is 74.2 Å². The van der Waals surface area contributed by atoms with Crippen LogP contribution in [0, 0.1) is 0 Å². The van der Waals surface area contributed by atoms with Gasteiger partial charge in [0.15, 0.2) is 6.10 Å². The smallest absolute Gasteiger partial charge is 0.339 e. The van der Waals surface area contributed by atoms with Crippen molar-refractivity contribution < 1.29 is 14.3 Å². The molecular weight excluding hydrogens is 316 g/mol. The van der Waals surface area contributed by atoms with Gasteiger partial charge in [-0.05, 0) is 22.7 Å². The first-order valence-corrected chi connectivity index (χ1v) is 12.0. The van der Waals surface area contributed by atoms with Gasteiger partial charge in [-0.15, -0.1) is 0 Å². The summed E-state index contributed by atoms with van der Waals surface area (Å²) in [6, 6.07) is 19.1. The number of carbonyl (C=O) groups excluding carboxylic acids is 1. The van der Waals surface area contributed by atoms with Crippen LogP contribution in [-0.2, 0) is 14.3 Å². The Bertz CT molecular complexity index is 645. The number of hydrogen-bond donors (Lipinski definition) is 0. The van der Waals surface area contributed by atoms with Crippen molar-refractivity contribution in [2.45, 2.75) is 31.8 Å². The van der Waals surface area contributed by atoms with E-state index in [1.54, 1.807) is 0 Å². The summed E-state index contributed by atoms with van der Waals surface area (Å²) < 4.78 is 10.8. The SMILES string of the molecule is COC(=O)[C@@H](OCC[Si](C)(C)C)c1ccc(-c2ccccc2)cc1. The first kappa shape index (κ1) is 18.4. The van der Waals surface area contributed by atoms with Gasteiger partial charge in [0.2, 0.25) is 0 Å². The average Bonchev–Trinajstić information content (AvgIpc) is 2.58. The summed E-state index contributed by atoms with van der Waals surface area (Å²) in [5.41, 5.74) is 3.10. The van der Waals surface area contributed by atoms with E-state index in [1.165, 1.54) is 7.11 Å². The average molecular weight is 343 g/mol. The fourth-order valence-corrected chi connectivity index (χ4v) is 3.10. The highest BCUT2D eigenvalue weighted by molar-refractivity contribution is 6.76. The minimum absolute atomic E-state index is 0.349. The monoisotopic (exact) mass is 342 g/mol. The predicted molar refractivity (Wildman–Crippen MR) is 101 cm³/mol. The van der Waals surface area contributed by atoms with Gasteiger partial charge in [-0.25, -0.2) is 4.79 Å². The Morgan fingerprint density at radius 2 is 1.54 bits per heavy atom. The normalized spacial score (nSPS) is 12.7. The lowest BCUT2D eigenvalue weighted by atomic mass is 10.0. The molecule has 0 spiro atoms. The van der Waals surface area contributed by atoms with Gasteiger partial charge in [-0.2, -0.15) is 0 Å². The van der Waals surface area contributed by atoms with Crippen molar-refractivity contribution in [3.05, 3.63) is 60.2 Å². The molecular formula is C20H26O3Si. The number of methoxy groups -OCH3 is 1. The van der Waals surface area contributed by atoms with E-state index in [0.717, 1.165) is 22.7 Å². The zero-order valence-electron chi connectivity index (χ0n) is 14.9. The summed E-state index contributed by atoms with van der Waals surface area (Å²) in [6.07, 6.45) is -0.656. The number of carbonyl (C=O) groups is 1. The molecule has 2 aromatic carbocycles. The lowest BCUT2D eigenvalue weighted by Gasteiger charge is -2.20. The van der Waals surface area contributed by atoms with Crippen molar-refractivity contribution in [2.75, 3.05) is 13.7 Å². The van der Waals surface area contributed by atoms with Crippen LogP contribution in [0.15, 0.2) is 54.6 Å². The molecule has 0 aromatic heterocycles. The van der Waals surface area contributed by atoms with E-state index >= 15 is 0 Å². The Morgan fingerprint density at radius 1 is 0.958 bits per heavy atom. The van der Waals surface area contributed by atoms with Crippen molar-refractivity contribution in [3.63, 3.8) is 0 Å². The van der Waals surface area contributed by atoms with Crippen LogP contribution < -0.4 is 0 Å². The number of esters is 1. The van der Waals surface area contributed by atoms with Gasteiger partial charge >= 0.3 is 5.97 Å². The molecule has 0 heterocycles. The van der Waals surface area contributed by atoms with Gasteiger partial charge < -0.3 is 9.47 Å². The first-order valence-electron chi connectivity index (χ1n) is 8.25. The topological polar surface area (TPSA) is 35.5 Å². The Hall–Kier alpha value is -1.91. The Morgan fingerprint density at radius 3 is 2.08 bits per heavy atom. The summed E-state index contributed by atoms with van der Waals surface area (Å²) in [5.74, 6) is -0.349. The Balaban J connectivity index is 2.13. The van der Waals surface area contributed by atoms with Crippen LogP contribution in [0.25, 0.3) is 11.1 Å². The molecule has 4 heteroatoms. The van der Waals surface area contributed by atoms with Crippen LogP contribution >= 0.6 is 0 Å². The maximum absolute atomic E-state index is 12.1. The predicted octanol–water partition coefficient (Wildman–Crippen LogP) is 4.92. The van der Waals surface area contributed by atoms with Gasteiger partial charge in [0.1, 0.15) is 0 Å². The molecule has 2 aromatic rings. The Labute approximate surface area is 145 Å². The molecule has 0 N–H and O–H groups in total. The van der Waals surface area contributed by atoms with E-state index in [1.807, 2.05) is 42.5 Å². The Kier molecular flexibility index (Phi) is 6.34. The highest BCUT2D eigenvalue weighted by atomic mass is 28.3. The number of rotatable bonds is 7. The summed E-state index contributed by atoms with van der Waals surface area (Å²) in [7, 11) is 0.198. The summed E-state index contributed by atoms with van der Waals surface area (Å²) in [4.78, 5) is 12.1. The molecule has 24 heavy (non-hydrogen) atoms. The van der Waals surface area contributed by atoms with Gasteiger partial charge in [0.25, 0.3) is 0 Å². The van der Waals surface area contributed by atoms with Gasteiger partial charge in [0.05, 0.1) is 7.11 Å². The van der Waals surface area contributed by atoms with E-state index in [9.17, 15) is 4.79 Å². The van der Waals surface area contributed by atoms with Crippen LogP contribution in [0.4, 0.5) is 0 Å². The van der Waals surface area contributed by atoms with Crippen LogP contribution in [0.3, 0.4) is 0 Å². The van der Waals surface area contributed by atoms with Crippen molar-refractivity contribution in [3.8, 4) is 11.1 Å². The molecule has 2 rings (SSSR count). The van der Waals surface area contributed by atoms with Crippen LogP contribution in [0.2, 0.25) is 25.7 Å². The van der Waals surface area contributed by atoms with Gasteiger partial charge in [0, 0.05) is 14.7 Å². The molecule has 0 amide bonds. The molecule has 0 saturated heterocycles. The zero-order valence-corrected chi connectivity index (χ0v) is 15.9. The molecule has 0 unspecified atom stereocenters. The molecule has 1 atom stereocenters. The molecule has 0 saturated carbocycles. The minimum Gasteiger partial charge on any atom is -0.467 e. The maximum atomic E-state index is 12.1. The lowest BCUT2D eigenvalue weighted by Crippen LogP contribution is -2.24. The van der Waals surface area contributed by atoms with Crippen molar-refractivity contribution in [1.29, 1.82) is 0 Å². The summed E-state index contributed by atoms with van der Waals surface area (Å²) in [5, 5.41) is 0. The number of benzene rings is 2. The number of hydrogen-bond acceptors (Lipinski definition) is 3. The lowest BCUT2D eigenvalue weighted by molar-refractivity contribution is -0.154. The minimum atomic E-state index is -1.20. The second-order valence-corrected chi connectivity index (χ2v) is 12.7. The molecule has 0 aliphatic heterocycles. The first-order chi connectivity index (χ1) is 11.4. The van der Waals surface area contributed by atoms with Crippen molar-refractivity contribution >= 4 is 14.0 Å². The third-order valence-corrected chi connectivity index (χ3v) is 5.58. The van der Waals surface area contributed by atoms with E-state index in [-0.39, 0.29) is 5.97 Å². The number of ether oxygens (including phenoxy) is 2. The highest BCUT2D eigenvalue weighted by Crippen LogP contribution is 2.25. The second kappa shape index (κ2) is 8.26. The zero-order chi connectivity index (χ0) is 17.6. The summed E-state index contributed by atoms with van der Waals surface area (Å²) >= 11 is 0. The fourth-order valence-electron chi connectivity index (χ4n) is 2.37. The van der Waals surface area contributed by atoms with E-state index < -0.39 is 14.2 Å². The standard InChI is InChI=1S/C20H26O3Si/c1-22-20(21)19(23-14-15-24(2,3)4)18-12-10-17(11-13-18)16-8-6-5-7-9-16/h5-13,19H,14-15H2,1-4H3/t19-/m0/s1. The summed E-state index contributed by atoms with van der Waals surface area (Å²) in [6.45, 7) is 7.45. The molecule has 3 nitrogen and oxygen atoms in total. The maximum Gasteiger partial charge on any atom is 0.339 e. The molecule has 0 aliphatic carbocycles. The quantitative estimate of drug-likeness (QED) is 0.529. The van der Waals surface area contributed by atoms with E-state index in [0.29, 0.717) is 6.61 Å². The largest absolute Gasteiger partial charge is 0.467 e. The van der Waals surface area contributed by atoms with Crippen LogP contribution in [0.1, 0.15) is 11.7 Å². The van der Waals surface area contributed by atoms with Crippen molar-refractivity contribution in [2.24, 2.45) is 0 Å². The van der Waals surface area contributed by atoms with Crippen molar-refractivity contribution in [1.82, 2.24) is 0 Å². The molecule has 0 bridgehead atoms. The molecule has 0 aliphatic rings. The third-order valence-electron chi connectivity index (χ3n) is 3.87. The highest BCUT2D eigenvalue weighted by Gasteiger charge is 2.23. The molecule has 0 fully saturated rings. The van der Waals surface area contributed by atoms with Crippen LogP contribution in [-0.4, -0.2) is 27.8 Å². The van der Waals surface area contributed by atoms with E-state index in [4.69, 9.17) is 9.47 Å². The van der Waals surface area contributed by atoms with Gasteiger partial charge in [-0.3, -0.25) is 0 Å². The molecule has 0 radical (unpaired) electrons. The second-order valence-electron chi connectivity index (χ2n) is 7.07. The molecule has 128 valence electrons. The van der Waals surface area contributed by atoms with E-state index in [2.05, 4.69) is 31.8 Å².